The predicted octanol–water partition coefficient (Wildman–Crippen LogP) is 3.06. The number of ether oxygens (including phenoxy) is 2. The third-order valence-corrected chi connectivity index (χ3v) is 3.97. The van der Waals surface area contributed by atoms with Crippen LogP contribution in [0, 0.1) is 4.91 Å². The van der Waals surface area contributed by atoms with Crippen molar-refractivity contribution in [3.05, 3.63) is 57.3 Å². The van der Waals surface area contributed by atoms with Crippen LogP contribution < -0.4 is 5.32 Å². The summed E-state index contributed by atoms with van der Waals surface area (Å²) in [6.07, 6.45) is 0. The van der Waals surface area contributed by atoms with Gasteiger partial charge in [-0.25, -0.2) is 9.59 Å². The zero-order valence-electron chi connectivity index (χ0n) is 14.6. The van der Waals surface area contributed by atoms with Gasteiger partial charge in [0.2, 0.25) is 0 Å². The Bertz CT molecular complexity index is 779. The molecule has 1 aliphatic heterocycles. The second kappa shape index (κ2) is 7.74. The summed E-state index contributed by atoms with van der Waals surface area (Å²) in [4.78, 5) is 35.8. The Balaban J connectivity index is 2.68. The van der Waals surface area contributed by atoms with Gasteiger partial charge in [0.15, 0.2) is 0 Å². The normalized spacial score (nSPS) is 17.0. The molecule has 1 heterocycles. The number of nitrogens with zero attached hydrogens (tertiary/aromatic N) is 1. The van der Waals surface area contributed by atoms with E-state index in [4.69, 9.17) is 9.47 Å². The monoisotopic (exact) mass is 344 g/mol. The van der Waals surface area contributed by atoms with Crippen LogP contribution in [-0.2, 0) is 19.1 Å². The van der Waals surface area contributed by atoms with Crippen molar-refractivity contribution in [3.63, 3.8) is 0 Å². The summed E-state index contributed by atoms with van der Waals surface area (Å²) in [5.41, 5.74) is 2.54. The molecule has 132 valence electrons. The molecule has 0 amide bonds. The van der Waals surface area contributed by atoms with E-state index in [1.54, 1.807) is 45.0 Å². The lowest BCUT2D eigenvalue weighted by molar-refractivity contribution is -0.139. The molecule has 0 saturated heterocycles. The summed E-state index contributed by atoms with van der Waals surface area (Å²) in [5.74, 6) is -1.81. The van der Waals surface area contributed by atoms with Crippen molar-refractivity contribution in [2.75, 3.05) is 13.7 Å². The summed E-state index contributed by atoms with van der Waals surface area (Å²) in [7, 11) is 1.28. The fourth-order valence-corrected chi connectivity index (χ4v) is 2.95. The average Bonchev–Trinajstić information content (AvgIpc) is 2.60. The van der Waals surface area contributed by atoms with Gasteiger partial charge in [0.25, 0.3) is 0 Å². The van der Waals surface area contributed by atoms with Gasteiger partial charge in [-0.15, -0.1) is 4.91 Å². The van der Waals surface area contributed by atoms with E-state index in [1.807, 2.05) is 0 Å². The Hall–Kier alpha value is -2.96. The maximum absolute atomic E-state index is 12.5. The molecule has 1 aliphatic rings. The number of methoxy groups -OCH3 is 1. The van der Waals surface area contributed by atoms with Gasteiger partial charge >= 0.3 is 11.9 Å². The van der Waals surface area contributed by atoms with E-state index in [1.165, 1.54) is 7.11 Å². The molecule has 0 radical (unpaired) electrons. The lowest BCUT2D eigenvalue weighted by atomic mass is 9.80. The number of hydrogen-bond donors (Lipinski definition) is 1. The van der Waals surface area contributed by atoms with Crippen molar-refractivity contribution in [1.82, 2.24) is 5.32 Å². The van der Waals surface area contributed by atoms with Gasteiger partial charge in [0.05, 0.1) is 30.8 Å². The summed E-state index contributed by atoms with van der Waals surface area (Å²) in [5, 5.41) is 5.96. The number of benzene rings is 1. The first kappa shape index (κ1) is 18.4. The molecule has 0 aromatic heterocycles. The van der Waals surface area contributed by atoms with Crippen LogP contribution in [0.15, 0.2) is 52.0 Å². The molecule has 0 fully saturated rings. The Morgan fingerprint density at radius 2 is 1.80 bits per heavy atom. The van der Waals surface area contributed by atoms with Crippen LogP contribution in [0.4, 0.5) is 5.69 Å². The molecule has 2 rings (SSSR count). The number of allylic oxidation sites excluding steroid dienone is 2. The van der Waals surface area contributed by atoms with E-state index < -0.39 is 17.9 Å². The summed E-state index contributed by atoms with van der Waals surface area (Å²) in [6, 6.07) is 6.47. The Morgan fingerprint density at radius 3 is 2.36 bits per heavy atom. The van der Waals surface area contributed by atoms with E-state index >= 15 is 0 Å². The van der Waals surface area contributed by atoms with Crippen LogP contribution in [0.2, 0.25) is 0 Å². The first-order valence-corrected chi connectivity index (χ1v) is 7.81. The van der Waals surface area contributed by atoms with Crippen LogP contribution >= 0.6 is 0 Å². The molecular formula is C18H20N2O5. The quantitative estimate of drug-likeness (QED) is 0.652. The Morgan fingerprint density at radius 1 is 1.16 bits per heavy atom. The highest BCUT2D eigenvalue weighted by molar-refractivity contribution is 5.99. The molecule has 1 N–H and O–H groups in total. The van der Waals surface area contributed by atoms with Gasteiger partial charge in [0.1, 0.15) is 5.69 Å². The number of nitrogens with one attached hydrogen (secondary N) is 1. The van der Waals surface area contributed by atoms with Crippen molar-refractivity contribution < 1.29 is 19.1 Å². The molecule has 1 aromatic rings. The zero-order chi connectivity index (χ0) is 18.6. The molecule has 0 bridgehead atoms. The van der Waals surface area contributed by atoms with E-state index in [9.17, 15) is 14.5 Å². The number of carbonyl (C=O) groups is 2. The number of dihydropyridines is 1. The van der Waals surface area contributed by atoms with E-state index in [-0.39, 0.29) is 12.3 Å². The topological polar surface area (TPSA) is 94.1 Å². The van der Waals surface area contributed by atoms with Gasteiger partial charge in [-0.3, -0.25) is 0 Å². The first-order chi connectivity index (χ1) is 11.9. The molecule has 1 atom stereocenters. The van der Waals surface area contributed by atoms with Crippen molar-refractivity contribution in [2.45, 2.75) is 26.7 Å². The number of esters is 2. The molecule has 1 aromatic carbocycles. The van der Waals surface area contributed by atoms with Crippen molar-refractivity contribution >= 4 is 17.6 Å². The van der Waals surface area contributed by atoms with Gasteiger partial charge in [0, 0.05) is 11.4 Å². The van der Waals surface area contributed by atoms with Gasteiger partial charge in [-0.05, 0) is 43.6 Å². The Kier molecular flexibility index (Phi) is 5.69. The highest BCUT2D eigenvalue weighted by Crippen LogP contribution is 2.40. The lowest BCUT2D eigenvalue weighted by Gasteiger charge is -2.30. The SMILES string of the molecule is CCOC(=O)C1=C(C)NC(C)=C(C(=O)OC)C1c1cccc(N=O)c1. The fourth-order valence-electron chi connectivity index (χ4n) is 2.95. The highest BCUT2D eigenvalue weighted by Gasteiger charge is 2.37. The van der Waals surface area contributed by atoms with Crippen molar-refractivity contribution in [3.8, 4) is 0 Å². The number of rotatable bonds is 5. The number of hydrogen-bond acceptors (Lipinski definition) is 7. The second-order valence-electron chi connectivity index (χ2n) is 5.53. The Labute approximate surface area is 145 Å². The summed E-state index contributed by atoms with van der Waals surface area (Å²) >= 11 is 0. The van der Waals surface area contributed by atoms with E-state index in [0.29, 0.717) is 28.1 Å². The second-order valence-corrected chi connectivity index (χ2v) is 5.53. The molecule has 0 aliphatic carbocycles. The molecular weight excluding hydrogens is 324 g/mol. The maximum atomic E-state index is 12.5. The lowest BCUT2D eigenvalue weighted by Crippen LogP contribution is -2.32. The summed E-state index contributed by atoms with van der Waals surface area (Å²) < 4.78 is 10.1. The molecule has 0 spiro atoms. The van der Waals surface area contributed by atoms with Gasteiger partial charge < -0.3 is 14.8 Å². The van der Waals surface area contributed by atoms with E-state index in [2.05, 4.69) is 10.5 Å². The van der Waals surface area contributed by atoms with E-state index in [0.717, 1.165) is 0 Å². The molecule has 7 heteroatoms. The molecule has 0 saturated carbocycles. The van der Waals surface area contributed by atoms with Crippen LogP contribution in [0.5, 0.6) is 0 Å². The van der Waals surface area contributed by atoms with Crippen molar-refractivity contribution in [2.24, 2.45) is 5.18 Å². The fraction of sp³-hybridized carbons (Fsp3) is 0.333. The minimum absolute atomic E-state index is 0.203. The van der Waals surface area contributed by atoms with Crippen molar-refractivity contribution in [1.29, 1.82) is 0 Å². The zero-order valence-corrected chi connectivity index (χ0v) is 14.6. The van der Waals surface area contributed by atoms with Gasteiger partial charge in [-0.2, -0.15) is 0 Å². The van der Waals surface area contributed by atoms with Crippen LogP contribution in [0.25, 0.3) is 0 Å². The standard InChI is InChI=1S/C18H20N2O5/c1-5-25-18(22)15-11(3)19-10(2)14(17(21)24-4)16(15)12-7-6-8-13(9-12)20-23/h6-9,16,19H,5H2,1-4H3. The highest BCUT2D eigenvalue weighted by atomic mass is 16.5. The predicted molar refractivity (Wildman–Crippen MR) is 91.8 cm³/mol. The minimum atomic E-state index is -0.713. The smallest absolute Gasteiger partial charge is 0.336 e. The third kappa shape index (κ3) is 3.60. The number of nitroso groups, excluding NO2 is 1. The van der Waals surface area contributed by atoms with Crippen LogP contribution in [0.3, 0.4) is 0 Å². The summed E-state index contributed by atoms with van der Waals surface area (Å²) in [6.45, 7) is 5.37. The van der Waals surface area contributed by atoms with Crippen LogP contribution in [0.1, 0.15) is 32.3 Å². The van der Waals surface area contributed by atoms with Gasteiger partial charge in [-0.1, -0.05) is 12.1 Å². The maximum Gasteiger partial charge on any atom is 0.336 e. The average molecular weight is 344 g/mol. The minimum Gasteiger partial charge on any atom is -0.466 e. The van der Waals surface area contributed by atoms with Crippen LogP contribution in [-0.4, -0.2) is 25.7 Å². The first-order valence-electron chi connectivity index (χ1n) is 7.81. The third-order valence-electron chi connectivity index (χ3n) is 3.97. The molecule has 25 heavy (non-hydrogen) atoms. The molecule has 7 nitrogen and oxygen atoms in total. The largest absolute Gasteiger partial charge is 0.466 e. The molecule has 1 unspecified atom stereocenters. The number of carbonyl (C=O) groups excluding carboxylic acids is 2.